The van der Waals surface area contributed by atoms with E-state index in [1.165, 1.54) is 16.7 Å². The standard InChI is InChI=1S/C9H10S2.C4H7NOS2/c1-3-7-4-5-9(11-2)8(10)6-7;1-2-8-4(7)5-3-6/h3-6,10H,1H2,2H3;3H,2H2,1H3,(H,5,6,7). The second-order valence-electron chi connectivity index (χ2n) is 3.12. The zero-order valence-electron chi connectivity index (χ0n) is 10.9. The maximum atomic E-state index is 9.68. The van der Waals surface area contributed by atoms with Crippen molar-refractivity contribution in [2.45, 2.75) is 16.7 Å². The van der Waals surface area contributed by atoms with Crippen molar-refractivity contribution < 1.29 is 4.79 Å². The number of carbonyl (C=O) groups excluding carboxylic acids is 1. The van der Waals surface area contributed by atoms with Gasteiger partial charge in [-0.2, -0.15) is 0 Å². The van der Waals surface area contributed by atoms with Gasteiger partial charge >= 0.3 is 0 Å². The summed E-state index contributed by atoms with van der Waals surface area (Å²) in [6, 6.07) is 6.12. The number of amides is 1. The summed E-state index contributed by atoms with van der Waals surface area (Å²) in [5.41, 5.74) is 1.12. The quantitative estimate of drug-likeness (QED) is 0.376. The predicted octanol–water partition coefficient (Wildman–Crippen LogP) is 4.11. The lowest BCUT2D eigenvalue weighted by molar-refractivity contribution is -0.108. The predicted molar refractivity (Wildman–Crippen MR) is 95.5 cm³/mol. The van der Waals surface area contributed by atoms with Gasteiger partial charge < -0.3 is 5.32 Å². The summed E-state index contributed by atoms with van der Waals surface area (Å²) in [5, 5.41) is 2.36. The van der Waals surface area contributed by atoms with Crippen molar-refractivity contribution in [1.29, 1.82) is 0 Å². The first-order chi connectivity index (χ1) is 9.08. The van der Waals surface area contributed by atoms with E-state index in [2.05, 4.69) is 42.8 Å². The molecule has 0 aromatic heterocycles. The molecule has 1 aromatic carbocycles. The van der Waals surface area contributed by atoms with Gasteiger partial charge in [-0.05, 0) is 29.7 Å². The van der Waals surface area contributed by atoms with Crippen molar-refractivity contribution >= 4 is 65.2 Å². The molecule has 1 N–H and O–H groups in total. The van der Waals surface area contributed by atoms with Crippen LogP contribution in [0.5, 0.6) is 0 Å². The maximum absolute atomic E-state index is 9.68. The average Bonchev–Trinajstić information content (AvgIpc) is 2.40. The Hall–Kier alpha value is -0.430. The number of hydrogen-bond donors (Lipinski definition) is 2. The first kappa shape index (κ1) is 18.6. The van der Waals surface area contributed by atoms with E-state index in [0.717, 1.165) is 16.2 Å². The van der Waals surface area contributed by atoms with Gasteiger partial charge in [-0.3, -0.25) is 4.79 Å². The van der Waals surface area contributed by atoms with Gasteiger partial charge in [-0.1, -0.05) is 49.6 Å². The summed E-state index contributed by atoms with van der Waals surface area (Å²) in [7, 11) is 0. The highest BCUT2D eigenvalue weighted by atomic mass is 32.2. The fraction of sp³-hybridized carbons (Fsp3) is 0.231. The fourth-order valence-corrected chi connectivity index (χ4v) is 2.82. The van der Waals surface area contributed by atoms with Crippen LogP contribution in [0.25, 0.3) is 6.08 Å². The number of rotatable bonds is 4. The minimum absolute atomic E-state index is 0.544. The molecule has 104 valence electrons. The number of carbonyl (C=O) groups is 1. The molecule has 2 nitrogen and oxygen atoms in total. The molecule has 0 atom stereocenters. The maximum Gasteiger partial charge on any atom is 0.212 e. The molecule has 1 aromatic rings. The van der Waals surface area contributed by atoms with Gasteiger partial charge in [0.15, 0.2) is 0 Å². The Morgan fingerprint density at radius 1 is 1.58 bits per heavy atom. The summed E-state index contributed by atoms with van der Waals surface area (Å²) in [5.74, 6) is 0.902. The molecule has 6 heteroatoms. The fourth-order valence-electron chi connectivity index (χ4n) is 1.05. The Bertz CT molecular complexity index is 435. The number of nitrogens with one attached hydrogen (secondary N) is 1. The van der Waals surface area contributed by atoms with Crippen molar-refractivity contribution in [2.24, 2.45) is 0 Å². The van der Waals surface area contributed by atoms with Crippen LogP contribution in [-0.2, 0) is 4.79 Å². The average molecular weight is 332 g/mol. The third-order valence-electron chi connectivity index (χ3n) is 1.89. The molecule has 19 heavy (non-hydrogen) atoms. The van der Waals surface area contributed by atoms with Crippen molar-refractivity contribution in [2.75, 3.05) is 12.0 Å². The molecule has 0 heterocycles. The van der Waals surface area contributed by atoms with Crippen LogP contribution in [0.1, 0.15) is 12.5 Å². The zero-order chi connectivity index (χ0) is 14.7. The molecular weight excluding hydrogens is 314 g/mol. The van der Waals surface area contributed by atoms with Crippen LogP contribution >= 0.6 is 48.4 Å². The molecule has 0 radical (unpaired) electrons. The van der Waals surface area contributed by atoms with Gasteiger partial charge in [0.1, 0.15) is 4.32 Å². The Morgan fingerprint density at radius 2 is 2.26 bits per heavy atom. The van der Waals surface area contributed by atoms with Gasteiger partial charge in [0.05, 0.1) is 0 Å². The van der Waals surface area contributed by atoms with E-state index in [9.17, 15) is 4.79 Å². The van der Waals surface area contributed by atoms with Crippen LogP contribution in [0.2, 0.25) is 0 Å². The van der Waals surface area contributed by atoms with Crippen LogP contribution in [-0.4, -0.2) is 22.7 Å². The highest BCUT2D eigenvalue weighted by Crippen LogP contribution is 2.24. The number of thiol groups is 1. The Balaban J connectivity index is 0.000000362. The third kappa shape index (κ3) is 8.36. The van der Waals surface area contributed by atoms with E-state index in [4.69, 9.17) is 0 Å². The molecule has 1 amide bonds. The lowest BCUT2D eigenvalue weighted by Gasteiger charge is -2.01. The molecule has 0 saturated heterocycles. The largest absolute Gasteiger partial charge is 0.314 e. The van der Waals surface area contributed by atoms with E-state index in [1.807, 2.05) is 31.4 Å². The number of benzene rings is 1. The van der Waals surface area contributed by atoms with Crippen LogP contribution < -0.4 is 5.32 Å². The third-order valence-corrected chi connectivity index (χ3v) is 4.35. The molecule has 1 rings (SSSR count). The minimum Gasteiger partial charge on any atom is -0.314 e. The van der Waals surface area contributed by atoms with E-state index in [0.29, 0.717) is 10.7 Å². The van der Waals surface area contributed by atoms with E-state index >= 15 is 0 Å². The zero-order valence-corrected chi connectivity index (χ0v) is 14.2. The summed E-state index contributed by atoms with van der Waals surface area (Å²) < 4.78 is 0.544. The van der Waals surface area contributed by atoms with Crippen LogP contribution in [0.3, 0.4) is 0 Å². The van der Waals surface area contributed by atoms with Gasteiger partial charge in [-0.25, -0.2) is 0 Å². The minimum atomic E-state index is 0.544. The Morgan fingerprint density at radius 3 is 2.68 bits per heavy atom. The normalized spacial score (nSPS) is 9.00. The molecule has 0 saturated carbocycles. The molecule has 0 aliphatic carbocycles. The van der Waals surface area contributed by atoms with Crippen molar-refractivity contribution in [3.8, 4) is 0 Å². The first-order valence-corrected chi connectivity index (χ1v) is 8.52. The van der Waals surface area contributed by atoms with Crippen molar-refractivity contribution in [1.82, 2.24) is 5.32 Å². The van der Waals surface area contributed by atoms with E-state index < -0.39 is 0 Å². The molecule has 0 fully saturated rings. The second kappa shape index (κ2) is 11.4. The van der Waals surface area contributed by atoms with Gasteiger partial charge in [0.25, 0.3) is 0 Å². The highest BCUT2D eigenvalue weighted by molar-refractivity contribution is 8.23. The second-order valence-corrected chi connectivity index (χ2v) is 6.39. The van der Waals surface area contributed by atoms with Crippen LogP contribution in [0, 0.1) is 0 Å². The van der Waals surface area contributed by atoms with Crippen LogP contribution in [0.15, 0.2) is 34.6 Å². The van der Waals surface area contributed by atoms with E-state index in [1.54, 1.807) is 11.8 Å². The Kier molecular flexibility index (Phi) is 11.1. The topological polar surface area (TPSA) is 29.1 Å². The summed E-state index contributed by atoms with van der Waals surface area (Å²) in [6.07, 6.45) is 4.46. The molecule has 0 bridgehead atoms. The van der Waals surface area contributed by atoms with Crippen LogP contribution in [0.4, 0.5) is 0 Å². The molecule has 0 spiro atoms. The summed E-state index contributed by atoms with van der Waals surface area (Å²) >= 11 is 12.2. The summed E-state index contributed by atoms with van der Waals surface area (Å²) in [6.45, 7) is 5.66. The van der Waals surface area contributed by atoms with Gasteiger partial charge in [0, 0.05) is 9.79 Å². The molecular formula is C13H17NOS4. The van der Waals surface area contributed by atoms with Gasteiger partial charge in [0.2, 0.25) is 6.41 Å². The smallest absolute Gasteiger partial charge is 0.212 e. The number of thioether (sulfide) groups is 2. The first-order valence-electron chi connectivity index (χ1n) is 5.45. The van der Waals surface area contributed by atoms with Gasteiger partial charge in [-0.15, -0.1) is 24.4 Å². The number of hydrogen-bond acceptors (Lipinski definition) is 5. The summed E-state index contributed by atoms with van der Waals surface area (Å²) in [4.78, 5) is 11.9. The lowest BCUT2D eigenvalue weighted by Crippen LogP contribution is -2.15. The van der Waals surface area contributed by atoms with E-state index in [-0.39, 0.29) is 0 Å². The molecule has 0 aliphatic rings. The number of thiocarbonyl (C=S) groups is 1. The lowest BCUT2D eigenvalue weighted by atomic mass is 10.2. The SMILES string of the molecule is C=Cc1ccc(SC)c(S)c1.CCSC(=S)NC=O. The molecule has 0 unspecified atom stereocenters. The van der Waals surface area contributed by atoms with Crippen molar-refractivity contribution in [3.05, 3.63) is 30.3 Å². The Labute approximate surface area is 134 Å². The molecule has 0 aliphatic heterocycles. The van der Waals surface area contributed by atoms with Crippen molar-refractivity contribution in [3.63, 3.8) is 0 Å². The highest BCUT2D eigenvalue weighted by Gasteiger charge is 1.96. The monoisotopic (exact) mass is 331 g/mol.